The fourth-order valence-corrected chi connectivity index (χ4v) is 5.56. The summed E-state index contributed by atoms with van der Waals surface area (Å²) in [6.45, 7) is 15.8. The number of para-hydroxylation sites is 1. The Labute approximate surface area is 269 Å². The highest BCUT2D eigenvalue weighted by Gasteiger charge is 2.37. The van der Waals surface area contributed by atoms with Gasteiger partial charge in [-0.1, -0.05) is 98.5 Å². The molecule has 242 valence electrons. The summed E-state index contributed by atoms with van der Waals surface area (Å²) in [6.07, 6.45) is 3.28. The van der Waals surface area contributed by atoms with E-state index in [1.165, 1.54) is 0 Å². The lowest BCUT2D eigenvalue weighted by Crippen LogP contribution is -2.53. The highest BCUT2D eigenvalue weighted by atomic mass is 16.6. The lowest BCUT2D eigenvalue weighted by atomic mass is 9.95. The minimum atomic E-state index is -0.949. The van der Waals surface area contributed by atoms with Gasteiger partial charge in [0.15, 0.2) is 0 Å². The number of benzene rings is 3. The Kier molecular flexibility index (Phi) is 12.8. The Balaban J connectivity index is 2.13. The van der Waals surface area contributed by atoms with Crippen LogP contribution in [-0.2, 0) is 20.7 Å². The molecule has 0 heterocycles. The summed E-state index contributed by atoms with van der Waals surface area (Å²) in [5.41, 5.74) is 5.52. The second kappa shape index (κ2) is 16.3. The van der Waals surface area contributed by atoms with E-state index in [1.54, 1.807) is 25.7 Å². The van der Waals surface area contributed by atoms with Crippen molar-refractivity contribution in [1.82, 2.24) is 10.2 Å². The van der Waals surface area contributed by atoms with E-state index >= 15 is 0 Å². The SMILES string of the molecule is CCCCCCN(C(=O)C(Cc1ccccc1)NC(=O)OC(C)(C)C)C(C(=O)Nc1c(C)cccc1C)c1ccc(C)cc1C. The number of anilines is 1. The van der Waals surface area contributed by atoms with Gasteiger partial charge in [-0.25, -0.2) is 4.79 Å². The fourth-order valence-electron chi connectivity index (χ4n) is 5.56. The van der Waals surface area contributed by atoms with E-state index in [-0.39, 0.29) is 18.2 Å². The molecule has 2 atom stereocenters. The highest BCUT2D eigenvalue weighted by molar-refractivity contribution is 6.00. The quantitative estimate of drug-likeness (QED) is 0.191. The first kappa shape index (κ1) is 35.4. The van der Waals surface area contributed by atoms with Crippen LogP contribution in [-0.4, -0.2) is 41.0 Å². The van der Waals surface area contributed by atoms with E-state index in [4.69, 9.17) is 4.74 Å². The molecule has 7 heteroatoms. The predicted octanol–water partition coefficient (Wildman–Crippen LogP) is 8.14. The van der Waals surface area contributed by atoms with E-state index in [2.05, 4.69) is 17.6 Å². The number of unbranched alkanes of at least 4 members (excludes halogenated alkanes) is 3. The van der Waals surface area contributed by atoms with Gasteiger partial charge in [0.05, 0.1) is 0 Å². The van der Waals surface area contributed by atoms with Crippen molar-refractivity contribution >= 4 is 23.6 Å². The molecule has 0 aliphatic heterocycles. The van der Waals surface area contributed by atoms with Crippen molar-refractivity contribution in [3.05, 3.63) is 100 Å². The van der Waals surface area contributed by atoms with Crippen molar-refractivity contribution in [3.8, 4) is 0 Å². The van der Waals surface area contributed by atoms with Gasteiger partial charge >= 0.3 is 6.09 Å². The zero-order valence-corrected chi connectivity index (χ0v) is 28.3. The van der Waals surface area contributed by atoms with Gasteiger partial charge < -0.3 is 20.3 Å². The van der Waals surface area contributed by atoms with Gasteiger partial charge in [-0.15, -0.1) is 0 Å². The fraction of sp³-hybridized carbons (Fsp3) is 0.447. The molecular formula is C38H51N3O4. The van der Waals surface area contributed by atoms with Crippen molar-refractivity contribution in [3.63, 3.8) is 0 Å². The van der Waals surface area contributed by atoms with Crippen molar-refractivity contribution in [2.24, 2.45) is 0 Å². The Hall–Kier alpha value is -4.13. The van der Waals surface area contributed by atoms with Gasteiger partial charge in [0.2, 0.25) is 5.91 Å². The number of carbonyl (C=O) groups is 3. The summed E-state index contributed by atoms with van der Waals surface area (Å²) in [5, 5.41) is 6.03. The number of ether oxygens (including phenoxy) is 1. The minimum Gasteiger partial charge on any atom is -0.444 e. The maximum absolute atomic E-state index is 14.8. The van der Waals surface area contributed by atoms with Crippen LogP contribution in [0.1, 0.15) is 92.8 Å². The van der Waals surface area contributed by atoms with Gasteiger partial charge in [-0.3, -0.25) is 9.59 Å². The average Bonchev–Trinajstić information content (AvgIpc) is 2.96. The molecule has 0 radical (unpaired) electrons. The molecule has 0 saturated carbocycles. The smallest absolute Gasteiger partial charge is 0.408 e. The molecule has 0 saturated heterocycles. The zero-order valence-electron chi connectivity index (χ0n) is 28.3. The van der Waals surface area contributed by atoms with Gasteiger partial charge in [0.1, 0.15) is 17.7 Å². The molecule has 0 aliphatic carbocycles. The molecule has 0 spiro atoms. The highest BCUT2D eigenvalue weighted by Crippen LogP contribution is 2.30. The van der Waals surface area contributed by atoms with Gasteiger partial charge in [0.25, 0.3) is 5.91 Å². The Bertz CT molecular complexity index is 1420. The van der Waals surface area contributed by atoms with Gasteiger partial charge in [-0.2, -0.15) is 0 Å². The molecule has 2 N–H and O–H groups in total. The van der Waals surface area contributed by atoms with Crippen LogP contribution in [0.15, 0.2) is 66.7 Å². The van der Waals surface area contributed by atoms with Crippen LogP contribution in [0.25, 0.3) is 0 Å². The van der Waals surface area contributed by atoms with Crippen LogP contribution in [0, 0.1) is 27.7 Å². The Morgan fingerprint density at radius 3 is 2.09 bits per heavy atom. The summed E-state index contributed by atoms with van der Waals surface area (Å²) >= 11 is 0. The van der Waals surface area contributed by atoms with Crippen LogP contribution in [0.4, 0.5) is 10.5 Å². The first-order valence-corrected chi connectivity index (χ1v) is 16.1. The number of alkyl carbamates (subject to hydrolysis) is 1. The van der Waals surface area contributed by atoms with Crippen molar-refractivity contribution in [2.75, 3.05) is 11.9 Å². The van der Waals surface area contributed by atoms with Crippen LogP contribution in [0.5, 0.6) is 0 Å². The van der Waals surface area contributed by atoms with E-state index in [0.717, 1.165) is 64.8 Å². The third-order valence-electron chi connectivity index (χ3n) is 7.82. The summed E-state index contributed by atoms with van der Waals surface area (Å²) in [4.78, 5) is 44.0. The molecule has 3 aromatic rings. The largest absolute Gasteiger partial charge is 0.444 e. The maximum Gasteiger partial charge on any atom is 0.408 e. The summed E-state index contributed by atoms with van der Waals surface area (Å²) < 4.78 is 5.58. The molecular weight excluding hydrogens is 562 g/mol. The van der Waals surface area contributed by atoms with E-state index in [1.807, 2.05) is 94.4 Å². The molecule has 45 heavy (non-hydrogen) atoms. The van der Waals surface area contributed by atoms with Crippen LogP contribution in [0.3, 0.4) is 0 Å². The van der Waals surface area contributed by atoms with Crippen LogP contribution < -0.4 is 10.6 Å². The van der Waals surface area contributed by atoms with Crippen molar-refractivity contribution < 1.29 is 19.1 Å². The molecule has 0 bridgehead atoms. The molecule has 2 unspecified atom stereocenters. The van der Waals surface area contributed by atoms with E-state index < -0.39 is 23.8 Å². The number of nitrogens with zero attached hydrogens (tertiary/aromatic N) is 1. The van der Waals surface area contributed by atoms with Crippen molar-refractivity contribution in [2.45, 2.75) is 105 Å². The number of hydrogen-bond acceptors (Lipinski definition) is 4. The number of aryl methyl sites for hydroxylation is 4. The monoisotopic (exact) mass is 613 g/mol. The second-order valence-electron chi connectivity index (χ2n) is 13.0. The molecule has 3 rings (SSSR count). The zero-order chi connectivity index (χ0) is 33.1. The molecule has 0 fully saturated rings. The third-order valence-corrected chi connectivity index (χ3v) is 7.82. The lowest BCUT2D eigenvalue weighted by molar-refractivity contribution is -0.140. The summed E-state index contributed by atoms with van der Waals surface area (Å²) in [5.74, 6) is -0.623. The normalized spacial score (nSPS) is 12.6. The summed E-state index contributed by atoms with van der Waals surface area (Å²) in [7, 11) is 0. The predicted molar refractivity (Wildman–Crippen MR) is 182 cm³/mol. The standard InChI is InChI=1S/C38H51N3O4/c1-9-10-11-15-23-41(36(43)32(25-30-19-13-12-14-20-30)39-37(44)45-38(6,7)8)34(31-22-21-26(2)24-29(31)5)35(42)40-33-27(3)17-16-18-28(33)4/h12-14,16-22,24,32,34H,9-11,15,23,25H2,1-8H3,(H,39,44)(H,40,42). The van der Waals surface area contributed by atoms with Crippen LogP contribution >= 0.6 is 0 Å². The second-order valence-corrected chi connectivity index (χ2v) is 13.0. The van der Waals surface area contributed by atoms with E-state index in [9.17, 15) is 14.4 Å². The first-order valence-electron chi connectivity index (χ1n) is 16.1. The number of amides is 3. The number of carbonyl (C=O) groups excluding carboxylic acids is 3. The topological polar surface area (TPSA) is 87.7 Å². The Morgan fingerprint density at radius 2 is 1.49 bits per heavy atom. The number of rotatable bonds is 13. The van der Waals surface area contributed by atoms with E-state index in [0.29, 0.717) is 6.54 Å². The van der Waals surface area contributed by atoms with Crippen LogP contribution in [0.2, 0.25) is 0 Å². The molecule has 0 aliphatic rings. The molecule has 0 aromatic heterocycles. The minimum absolute atomic E-state index is 0.252. The van der Waals surface area contributed by atoms with Gasteiger partial charge in [-0.05, 0) is 82.7 Å². The first-order chi connectivity index (χ1) is 21.3. The lowest BCUT2D eigenvalue weighted by Gasteiger charge is -2.35. The number of nitrogens with one attached hydrogen (secondary N) is 2. The third kappa shape index (κ3) is 10.5. The maximum atomic E-state index is 14.8. The average molecular weight is 614 g/mol. The Morgan fingerprint density at radius 1 is 0.822 bits per heavy atom. The molecule has 3 amide bonds. The summed E-state index contributed by atoms with van der Waals surface area (Å²) in [6, 6.07) is 19.6. The van der Waals surface area contributed by atoms with Gasteiger partial charge in [0, 0.05) is 18.7 Å². The molecule has 3 aromatic carbocycles. The molecule has 7 nitrogen and oxygen atoms in total. The number of hydrogen-bond donors (Lipinski definition) is 2. The van der Waals surface area contributed by atoms with Crippen molar-refractivity contribution in [1.29, 1.82) is 0 Å².